The molecule has 7 nitrogen and oxygen atoms in total. The van der Waals surface area contributed by atoms with Crippen molar-refractivity contribution in [1.29, 1.82) is 0 Å². The molecule has 0 bridgehead atoms. The van der Waals surface area contributed by atoms with Gasteiger partial charge in [-0.3, -0.25) is 4.79 Å². The smallest absolute Gasteiger partial charge is 0.204 e. The molecule has 0 aliphatic rings. The summed E-state index contributed by atoms with van der Waals surface area (Å²) in [6, 6.07) is 4.81. The molecule has 5 N–H and O–H groups in total. The Morgan fingerprint density at radius 3 is 2.30 bits per heavy atom. The summed E-state index contributed by atoms with van der Waals surface area (Å²) in [5, 5.41) is 49.6. The molecule has 0 atom stereocenters. The molecular formula is C20H20O7. The molecule has 0 radical (unpaired) electrons. The van der Waals surface area contributed by atoms with Gasteiger partial charge in [0.05, 0.1) is 11.2 Å². The van der Waals surface area contributed by atoms with Gasteiger partial charge in [-0.05, 0) is 38.8 Å². The molecule has 0 amide bonds. The van der Waals surface area contributed by atoms with Gasteiger partial charge in [0, 0.05) is 23.3 Å². The number of benzene rings is 2. The van der Waals surface area contributed by atoms with Gasteiger partial charge in [-0.15, -0.1) is 0 Å². The second-order valence-electron chi connectivity index (χ2n) is 7.09. The number of phenolic OH excluding ortho intramolecular Hbond substituents is 4. The van der Waals surface area contributed by atoms with E-state index in [1.165, 1.54) is 12.1 Å². The Bertz CT molecular complexity index is 1070. The van der Waals surface area contributed by atoms with Crippen molar-refractivity contribution in [2.75, 3.05) is 0 Å². The molecule has 27 heavy (non-hydrogen) atoms. The Hall–Kier alpha value is -3.19. The fraction of sp³-hybridized carbons (Fsp3) is 0.250. The van der Waals surface area contributed by atoms with Crippen LogP contribution in [-0.2, 0) is 6.42 Å². The molecule has 0 aliphatic heterocycles. The molecule has 2 aromatic carbocycles. The van der Waals surface area contributed by atoms with Crippen LogP contribution in [0.2, 0.25) is 0 Å². The van der Waals surface area contributed by atoms with Crippen LogP contribution in [0.5, 0.6) is 23.0 Å². The SMILES string of the molecule is CC(C)(O)CCc1c(O)cc(O)c2c(=O)c(-c3ccc(O)cc3O)coc12. The highest BCUT2D eigenvalue weighted by molar-refractivity contribution is 5.91. The summed E-state index contributed by atoms with van der Waals surface area (Å²) in [6.07, 6.45) is 1.65. The molecule has 0 unspecified atom stereocenters. The van der Waals surface area contributed by atoms with E-state index in [0.717, 1.165) is 18.4 Å². The average molecular weight is 372 g/mol. The maximum absolute atomic E-state index is 12.9. The van der Waals surface area contributed by atoms with E-state index in [2.05, 4.69) is 0 Å². The van der Waals surface area contributed by atoms with E-state index >= 15 is 0 Å². The van der Waals surface area contributed by atoms with E-state index in [4.69, 9.17) is 4.42 Å². The number of fused-ring (bicyclic) bond motifs is 1. The lowest BCUT2D eigenvalue weighted by atomic mass is 9.95. The van der Waals surface area contributed by atoms with Gasteiger partial charge >= 0.3 is 0 Å². The minimum Gasteiger partial charge on any atom is -0.508 e. The van der Waals surface area contributed by atoms with Gasteiger partial charge in [0.2, 0.25) is 5.43 Å². The molecular weight excluding hydrogens is 352 g/mol. The van der Waals surface area contributed by atoms with Crippen molar-refractivity contribution in [2.45, 2.75) is 32.3 Å². The summed E-state index contributed by atoms with van der Waals surface area (Å²) in [5.74, 6) is -1.18. The molecule has 0 saturated heterocycles. The Labute approximate surface area is 154 Å². The first-order chi connectivity index (χ1) is 12.6. The van der Waals surface area contributed by atoms with Crippen LogP contribution in [0, 0.1) is 0 Å². The zero-order valence-electron chi connectivity index (χ0n) is 14.9. The third kappa shape index (κ3) is 3.54. The van der Waals surface area contributed by atoms with Gasteiger partial charge in [0.15, 0.2) is 0 Å². The molecule has 142 valence electrons. The van der Waals surface area contributed by atoms with Gasteiger partial charge in [-0.2, -0.15) is 0 Å². The van der Waals surface area contributed by atoms with Gasteiger partial charge in [-0.1, -0.05) is 0 Å². The zero-order valence-corrected chi connectivity index (χ0v) is 14.9. The molecule has 0 saturated carbocycles. The third-order valence-electron chi connectivity index (χ3n) is 4.36. The Kier molecular flexibility index (Phi) is 4.49. The number of hydrogen-bond donors (Lipinski definition) is 5. The molecule has 3 aromatic rings. The second-order valence-corrected chi connectivity index (χ2v) is 7.09. The van der Waals surface area contributed by atoms with E-state index < -0.39 is 16.8 Å². The van der Waals surface area contributed by atoms with Gasteiger partial charge in [0.1, 0.15) is 40.2 Å². The monoisotopic (exact) mass is 372 g/mol. The largest absolute Gasteiger partial charge is 0.508 e. The van der Waals surface area contributed by atoms with Crippen molar-refractivity contribution in [2.24, 2.45) is 0 Å². The van der Waals surface area contributed by atoms with Crippen LogP contribution >= 0.6 is 0 Å². The molecule has 0 aliphatic carbocycles. The zero-order chi connectivity index (χ0) is 19.9. The second kappa shape index (κ2) is 6.51. The number of aryl methyl sites for hydroxylation is 1. The number of aromatic hydroxyl groups is 4. The van der Waals surface area contributed by atoms with E-state index in [1.807, 2.05) is 0 Å². The summed E-state index contributed by atoms with van der Waals surface area (Å²) in [7, 11) is 0. The topological polar surface area (TPSA) is 131 Å². The molecule has 7 heteroatoms. The van der Waals surface area contributed by atoms with Crippen molar-refractivity contribution in [3.05, 3.63) is 46.3 Å². The van der Waals surface area contributed by atoms with Crippen molar-refractivity contribution < 1.29 is 29.9 Å². The maximum Gasteiger partial charge on any atom is 0.204 e. The quantitative estimate of drug-likeness (QED) is 0.476. The van der Waals surface area contributed by atoms with Crippen LogP contribution in [0.1, 0.15) is 25.8 Å². The van der Waals surface area contributed by atoms with Crippen LogP contribution in [0.3, 0.4) is 0 Å². The first-order valence-electron chi connectivity index (χ1n) is 8.32. The average Bonchev–Trinajstić information content (AvgIpc) is 2.54. The lowest BCUT2D eigenvalue weighted by Crippen LogP contribution is -2.19. The Morgan fingerprint density at radius 2 is 1.67 bits per heavy atom. The van der Waals surface area contributed by atoms with Crippen LogP contribution in [-0.4, -0.2) is 31.1 Å². The summed E-state index contributed by atoms with van der Waals surface area (Å²) in [5.41, 5.74) is -1.15. The van der Waals surface area contributed by atoms with E-state index in [-0.39, 0.29) is 45.8 Å². The summed E-state index contributed by atoms with van der Waals surface area (Å²) >= 11 is 0. The fourth-order valence-electron chi connectivity index (χ4n) is 2.93. The summed E-state index contributed by atoms with van der Waals surface area (Å²) < 4.78 is 5.55. The normalized spacial score (nSPS) is 11.8. The first kappa shape index (κ1) is 18.6. The molecule has 0 spiro atoms. The number of hydrogen-bond acceptors (Lipinski definition) is 7. The van der Waals surface area contributed by atoms with Crippen LogP contribution in [0.4, 0.5) is 0 Å². The van der Waals surface area contributed by atoms with Crippen LogP contribution in [0.15, 0.2) is 39.7 Å². The molecule has 1 aromatic heterocycles. The fourth-order valence-corrected chi connectivity index (χ4v) is 2.93. The van der Waals surface area contributed by atoms with Crippen LogP contribution < -0.4 is 5.43 Å². The minimum absolute atomic E-state index is 0.00516. The van der Waals surface area contributed by atoms with Crippen molar-refractivity contribution >= 4 is 11.0 Å². The van der Waals surface area contributed by atoms with Gasteiger partial charge < -0.3 is 29.9 Å². The minimum atomic E-state index is -0.991. The predicted octanol–water partition coefficient (Wildman–Crippen LogP) is 2.99. The molecule has 1 heterocycles. The number of rotatable bonds is 4. The standard InChI is InChI=1S/C20H20O7/c1-20(2,26)6-5-12-15(23)8-16(24)17-18(25)13(9-27-19(12)17)11-4-3-10(21)7-14(11)22/h3-4,7-9,21-24,26H,5-6H2,1-2H3. The van der Waals surface area contributed by atoms with E-state index in [0.29, 0.717) is 12.0 Å². The summed E-state index contributed by atoms with van der Waals surface area (Å²) in [6.45, 7) is 3.24. The van der Waals surface area contributed by atoms with Crippen molar-refractivity contribution in [1.82, 2.24) is 0 Å². The highest BCUT2D eigenvalue weighted by Crippen LogP contribution is 2.37. The molecule has 0 fully saturated rings. The lowest BCUT2D eigenvalue weighted by Gasteiger charge is -2.18. The number of aliphatic hydroxyl groups is 1. The Balaban J connectivity index is 2.23. The highest BCUT2D eigenvalue weighted by atomic mass is 16.3. The predicted molar refractivity (Wildman–Crippen MR) is 99.2 cm³/mol. The van der Waals surface area contributed by atoms with E-state index in [1.54, 1.807) is 13.8 Å². The van der Waals surface area contributed by atoms with Crippen LogP contribution in [0.25, 0.3) is 22.1 Å². The summed E-state index contributed by atoms with van der Waals surface area (Å²) in [4.78, 5) is 12.9. The highest BCUT2D eigenvalue weighted by Gasteiger charge is 2.22. The van der Waals surface area contributed by atoms with Crippen molar-refractivity contribution in [3.8, 4) is 34.1 Å². The first-order valence-corrected chi connectivity index (χ1v) is 8.32. The third-order valence-corrected chi connectivity index (χ3v) is 4.36. The maximum atomic E-state index is 12.9. The number of phenols is 4. The lowest BCUT2D eigenvalue weighted by molar-refractivity contribution is 0.0713. The molecule has 3 rings (SSSR count). The van der Waals surface area contributed by atoms with Gasteiger partial charge in [-0.25, -0.2) is 0 Å². The van der Waals surface area contributed by atoms with E-state index in [9.17, 15) is 30.3 Å². The van der Waals surface area contributed by atoms with Gasteiger partial charge in [0.25, 0.3) is 0 Å². The Morgan fingerprint density at radius 1 is 0.963 bits per heavy atom. The van der Waals surface area contributed by atoms with Crippen molar-refractivity contribution in [3.63, 3.8) is 0 Å².